The molecule has 0 aliphatic rings. The Labute approximate surface area is 128 Å². The van der Waals surface area contributed by atoms with E-state index in [1.807, 2.05) is 6.07 Å². The first-order valence-corrected chi connectivity index (χ1v) is 7.56. The second-order valence-corrected chi connectivity index (χ2v) is 6.73. The molecule has 2 aromatic rings. The molecule has 0 saturated carbocycles. The number of carbonyl (C=O) groups excluding carboxylic acids is 1. The van der Waals surface area contributed by atoms with E-state index in [1.54, 1.807) is 18.3 Å². The number of halogens is 2. The fraction of sp³-hybridized carbons (Fsp3) is 0.250. The van der Waals surface area contributed by atoms with Gasteiger partial charge in [-0.3, -0.25) is 4.79 Å². The van der Waals surface area contributed by atoms with Crippen LogP contribution in [0.15, 0.2) is 15.9 Å². The zero-order valence-electron chi connectivity index (χ0n) is 10.1. The molecule has 100 valence electrons. The molecular formula is C12H11BrClN3OS. The van der Waals surface area contributed by atoms with Crippen LogP contribution in [0.1, 0.15) is 21.1 Å². The molecule has 0 fully saturated rings. The molecular weight excluding hydrogens is 350 g/mol. The van der Waals surface area contributed by atoms with Gasteiger partial charge in [0.2, 0.25) is 0 Å². The van der Waals surface area contributed by atoms with Gasteiger partial charge in [0, 0.05) is 11.4 Å². The summed E-state index contributed by atoms with van der Waals surface area (Å²) in [7, 11) is 0. The highest BCUT2D eigenvalue weighted by Gasteiger charge is 2.10. The summed E-state index contributed by atoms with van der Waals surface area (Å²) in [4.78, 5) is 20.4. The molecule has 2 aromatic heterocycles. The van der Waals surface area contributed by atoms with E-state index in [0.29, 0.717) is 30.0 Å². The SMILES string of the molecule is Cc1nc(Cl)c(C=O)c(NCCc2ccc(Br)s2)n1. The third-order valence-corrected chi connectivity index (χ3v) is 4.39. The monoisotopic (exact) mass is 359 g/mol. The summed E-state index contributed by atoms with van der Waals surface area (Å²) in [5, 5.41) is 3.31. The van der Waals surface area contributed by atoms with Crippen molar-refractivity contribution in [3.05, 3.63) is 37.3 Å². The molecule has 0 atom stereocenters. The lowest BCUT2D eigenvalue weighted by Crippen LogP contribution is -2.10. The van der Waals surface area contributed by atoms with E-state index >= 15 is 0 Å². The number of hydrogen-bond acceptors (Lipinski definition) is 5. The Morgan fingerprint density at radius 2 is 2.26 bits per heavy atom. The highest BCUT2D eigenvalue weighted by molar-refractivity contribution is 9.11. The van der Waals surface area contributed by atoms with Gasteiger partial charge in [0.05, 0.1) is 9.35 Å². The number of hydrogen-bond donors (Lipinski definition) is 1. The molecule has 2 rings (SSSR count). The molecule has 0 aliphatic carbocycles. The highest BCUT2D eigenvalue weighted by atomic mass is 79.9. The molecule has 0 radical (unpaired) electrons. The number of rotatable bonds is 5. The third-order valence-electron chi connectivity index (χ3n) is 2.42. The predicted molar refractivity (Wildman–Crippen MR) is 81.4 cm³/mol. The van der Waals surface area contributed by atoms with Crippen LogP contribution in [0.5, 0.6) is 0 Å². The molecule has 0 amide bonds. The second-order valence-electron chi connectivity index (χ2n) is 3.82. The van der Waals surface area contributed by atoms with Gasteiger partial charge in [-0.25, -0.2) is 9.97 Å². The number of carbonyl (C=O) groups is 1. The number of thiophene rings is 1. The van der Waals surface area contributed by atoms with Crippen molar-refractivity contribution in [2.75, 3.05) is 11.9 Å². The summed E-state index contributed by atoms with van der Waals surface area (Å²) < 4.78 is 1.11. The van der Waals surface area contributed by atoms with E-state index in [2.05, 4.69) is 37.3 Å². The molecule has 0 unspecified atom stereocenters. The van der Waals surface area contributed by atoms with Crippen molar-refractivity contribution in [2.45, 2.75) is 13.3 Å². The quantitative estimate of drug-likeness (QED) is 0.652. The maximum absolute atomic E-state index is 11.0. The zero-order valence-corrected chi connectivity index (χ0v) is 13.3. The summed E-state index contributed by atoms with van der Waals surface area (Å²) in [6.45, 7) is 2.42. The summed E-state index contributed by atoms with van der Waals surface area (Å²) >= 11 is 11.0. The minimum atomic E-state index is 0.184. The standard InChI is InChI=1S/C12H11BrClN3OS/c1-7-16-11(14)9(6-18)12(17-7)15-5-4-8-2-3-10(13)19-8/h2-3,6H,4-5H2,1H3,(H,15,16,17). The average Bonchev–Trinajstić information content (AvgIpc) is 2.74. The first-order valence-electron chi connectivity index (χ1n) is 5.57. The Bertz CT molecular complexity index is 603. The lowest BCUT2D eigenvalue weighted by molar-refractivity contribution is 0.112. The lowest BCUT2D eigenvalue weighted by Gasteiger charge is -2.08. The smallest absolute Gasteiger partial charge is 0.156 e. The van der Waals surface area contributed by atoms with Crippen molar-refractivity contribution in [3.8, 4) is 0 Å². The molecule has 0 aliphatic heterocycles. The maximum Gasteiger partial charge on any atom is 0.156 e. The van der Waals surface area contributed by atoms with Gasteiger partial charge in [-0.15, -0.1) is 11.3 Å². The third kappa shape index (κ3) is 3.75. The van der Waals surface area contributed by atoms with Gasteiger partial charge >= 0.3 is 0 Å². The minimum Gasteiger partial charge on any atom is -0.369 e. The summed E-state index contributed by atoms with van der Waals surface area (Å²) in [5.41, 5.74) is 0.305. The molecule has 2 heterocycles. The van der Waals surface area contributed by atoms with E-state index in [1.165, 1.54) is 4.88 Å². The van der Waals surface area contributed by atoms with E-state index < -0.39 is 0 Å². The Morgan fingerprint density at radius 3 is 2.89 bits per heavy atom. The zero-order chi connectivity index (χ0) is 13.8. The van der Waals surface area contributed by atoms with Gasteiger partial charge in [-0.2, -0.15) is 0 Å². The van der Waals surface area contributed by atoms with Crippen LogP contribution in [0.4, 0.5) is 5.82 Å². The van der Waals surface area contributed by atoms with Crippen molar-refractivity contribution in [1.29, 1.82) is 0 Å². The first-order chi connectivity index (χ1) is 9.10. The summed E-state index contributed by atoms with van der Waals surface area (Å²) in [5.74, 6) is 1.03. The van der Waals surface area contributed by atoms with Crippen LogP contribution in [0.25, 0.3) is 0 Å². The molecule has 0 saturated heterocycles. The fourth-order valence-electron chi connectivity index (χ4n) is 1.58. The number of aldehydes is 1. The van der Waals surface area contributed by atoms with Gasteiger partial charge in [-0.05, 0) is 41.4 Å². The Kier molecular flexibility index (Phi) is 4.90. The van der Waals surface area contributed by atoms with E-state index in [9.17, 15) is 4.79 Å². The normalized spacial score (nSPS) is 10.5. The summed E-state index contributed by atoms with van der Waals surface area (Å²) in [6.07, 6.45) is 1.53. The van der Waals surface area contributed by atoms with Crippen LogP contribution in [0.3, 0.4) is 0 Å². The maximum atomic E-state index is 11.0. The van der Waals surface area contributed by atoms with E-state index in [-0.39, 0.29) is 5.15 Å². The van der Waals surface area contributed by atoms with Gasteiger partial charge < -0.3 is 5.32 Å². The Balaban J connectivity index is 2.05. The van der Waals surface area contributed by atoms with Crippen LogP contribution >= 0.6 is 38.9 Å². The van der Waals surface area contributed by atoms with Crippen LogP contribution in [-0.2, 0) is 6.42 Å². The van der Waals surface area contributed by atoms with Crippen LogP contribution in [0, 0.1) is 6.92 Å². The van der Waals surface area contributed by atoms with Gasteiger partial charge in [-0.1, -0.05) is 11.6 Å². The van der Waals surface area contributed by atoms with Crippen molar-refractivity contribution in [2.24, 2.45) is 0 Å². The number of aryl methyl sites for hydroxylation is 1. The van der Waals surface area contributed by atoms with Crippen LogP contribution in [-0.4, -0.2) is 22.8 Å². The average molecular weight is 361 g/mol. The van der Waals surface area contributed by atoms with Crippen LogP contribution in [0.2, 0.25) is 5.15 Å². The number of nitrogens with one attached hydrogen (secondary N) is 1. The number of nitrogens with zero attached hydrogens (tertiary/aromatic N) is 2. The summed E-state index contributed by atoms with van der Waals surface area (Å²) in [6, 6.07) is 4.08. The molecule has 19 heavy (non-hydrogen) atoms. The molecule has 0 spiro atoms. The molecule has 1 N–H and O–H groups in total. The van der Waals surface area contributed by atoms with Gasteiger partial charge in [0.15, 0.2) is 6.29 Å². The van der Waals surface area contributed by atoms with Crippen LogP contribution < -0.4 is 5.32 Å². The highest BCUT2D eigenvalue weighted by Crippen LogP contribution is 2.23. The fourth-order valence-corrected chi connectivity index (χ4v) is 3.32. The Hall–Kier alpha value is -0.980. The van der Waals surface area contributed by atoms with Crippen molar-refractivity contribution in [1.82, 2.24) is 9.97 Å². The minimum absolute atomic E-state index is 0.184. The van der Waals surface area contributed by atoms with Gasteiger partial charge in [0.1, 0.15) is 16.8 Å². The first kappa shape index (κ1) is 14.4. The van der Waals surface area contributed by atoms with E-state index in [4.69, 9.17) is 11.6 Å². The molecule has 0 aromatic carbocycles. The van der Waals surface area contributed by atoms with E-state index in [0.717, 1.165) is 10.2 Å². The second kappa shape index (κ2) is 6.45. The topological polar surface area (TPSA) is 54.9 Å². The molecule has 7 heteroatoms. The molecule has 4 nitrogen and oxygen atoms in total. The largest absolute Gasteiger partial charge is 0.369 e. The Morgan fingerprint density at radius 1 is 1.47 bits per heavy atom. The number of anilines is 1. The predicted octanol–water partition coefficient (Wildman–Crippen LogP) is 3.73. The van der Waals surface area contributed by atoms with Crippen molar-refractivity contribution >= 4 is 51.0 Å². The number of aromatic nitrogens is 2. The van der Waals surface area contributed by atoms with Crippen molar-refractivity contribution in [3.63, 3.8) is 0 Å². The lowest BCUT2D eigenvalue weighted by atomic mass is 10.3. The van der Waals surface area contributed by atoms with Gasteiger partial charge in [0.25, 0.3) is 0 Å². The van der Waals surface area contributed by atoms with Crippen molar-refractivity contribution < 1.29 is 4.79 Å². The molecule has 0 bridgehead atoms.